The predicted octanol–water partition coefficient (Wildman–Crippen LogP) is 2.18. The largest absolute Gasteiger partial charge is 0.490 e. The maximum absolute atomic E-state index is 11.8. The van der Waals surface area contributed by atoms with Crippen LogP contribution in [0.15, 0.2) is 36.5 Å². The van der Waals surface area contributed by atoms with Crippen LogP contribution in [0.5, 0.6) is 5.75 Å². The first-order chi connectivity index (χ1) is 9.11. The summed E-state index contributed by atoms with van der Waals surface area (Å²) in [5.41, 5.74) is 0.498. The molecule has 1 aromatic carbocycles. The van der Waals surface area contributed by atoms with E-state index in [4.69, 9.17) is 4.74 Å². The molecule has 1 heterocycles. The van der Waals surface area contributed by atoms with E-state index in [1.54, 1.807) is 18.3 Å². The van der Waals surface area contributed by atoms with Gasteiger partial charge in [-0.25, -0.2) is 0 Å². The van der Waals surface area contributed by atoms with Gasteiger partial charge in [-0.15, -0.1) is 0 Å². The molecular weight excluding hydrogens is 250 g/mol. The van der Waals surface area contributed by atoms with Gasteiger partial charge in [0, 0.05) is 18.0 Å². The molecule has 2 aromatic rings. The van der Waals surface area contributed by atoms with Gasteiger partial charge in [0.2, 0.25) is 0 Å². The van der Waals surface area contributed by atoms with Crippen molar-refractivity contribution in [3.8, 4) is 5.75 Å². The summed E-state index contributed by atoms with van der Waals surface area (Å²) in [5, 5.41) is 13.4. The average molecular weight is 261 g/mol. The molecule has 0 saturated carbocycles. The van der Waals surface area contributed by atoms with Crippen LogP contribution < -0.4 is 10.1 Å². The van der Waals surface area contributed by atoms with Crippen LogP contribution in [0.3, 0.4) is 0 Å². The maximum atomic E-state index is 11.8. The van der Waals surface area contributed by atoms with E-state index >= 15 is 0 Å². The fraction of sp³-hybridized carbons (Fsp3) is 0.0833. The highest BCUT2D eigenvalue weighted by Crippen LogP contribution is 2.29. The van der Waals surface area contributed by atoms with Gasteiger partial charge < -0.3 is 15.0 Å². The molecule has 0 spiro atoms. The normalized spacial score (nSPS) is 9.95. The molecule has 2 N–H and O–H groups in total. The molecule has 0 saturated heterocycles. The Balaban J connectivity index is 2.24. The third-order valence-corrected chi connectivity index (χ3v) is 2.48. The van der Waals surface area contributed by atoms with E-state index in [2.05, 4.69) is 10.3 Å². The molecule has 1 amide bonds. The Bertz CT molecular complexity index is 607. The minimum Gasteiger partial charge on any atom is -0.490 e. The number of aromatic nitrogens is 1. The zero-order chi connectivity index (χ0) is 13.8. The van der Waals surface area contributed by atoms with Crippen molar-refractivity contribution in [2.45, 2.75) is 0 Å². The summed E-state index contributed by atoms with van der Waals surface area (Å²) in [4.78, 5) is 24.8. The Morgan fingerprint density at radius 2 is 2.21 bits per heavy atom. The SMILES string of the molecule is COc1ccc(NC(=O)c2ccc[nH]2)cc1[N+](=O)[O-]. The number of H-pyrrole nitrogens is 1. The van der Waals surface area contributed by atoms with Gasteiger partial charge in [0.1, 0.15) is 5.69 Å². The van der Waals surface area contributed by atoms with Gasteiger partial charge >= 0.3 is 5.69 Å². The molecule has 0 unspecified atom stereocenters. The number of anilines is 1. The Kier molecular flexibility index (Phi) is 3.46. The highest BCUT2D eigenvalue weighted by Gasteiger charge is 2.16. The number of carbonyl (C=O) groups excluding carboxylic acids is 1. The number of ether oxygens (including phenoxy) is 1. The predicted molar refractivity (Wildman–Crippen MR) is 68.4 cm³/mol. The van der Waals surface area contributed by atoms with E-state index in [9.17, 15) is 14.9 Å². The first-order valence-corrected chi connectivity index (χ1v) is 5.39. The molecule has 0 atom stereocenters. The standard InChI is InChI=1S/C12H11N3O4/c1-19-11-5-4-8(7-10(11)15(17)18)14-12(16)9-3-2-6-13-9/h2-7,13H,1H3,(H,14,16). The molecule has 7 nitrogen and oxygen atoms in total. The highest BCUT2D eigenvalue weighted by atomic mass is 16.6. The first-order valence-electron chi connectivity index (χ1n) is 5.39. The molecule has 0 bridgehead atoms. The van der Waals surface area contributed by atoms with Gasteiger partial charge in [-0.1, -0.05) is 0 Å². The number of amides is 1. The molecule has 19 heavy (non-hydrogen) atoms. The topological polar surface area (TPSA) is 97.3 Å². The number of methoxy groups -OCH3 is 1. The summed E-state index contributed by atoms with van der Waals surface area (Å²) >= 11 is 0. The lowest BCUT2D eigenvalue weighted by atomic mass is 10.2. The Morgan fingerprint density at radius 1 is 1.42 bits per heavy atom. The van der Waals surface area contributed by atoms with Crippen molar-refractivity contribution >= 4 is 17.3 Å². The summed E-state index contributed by atoms with van der Waals surface area (Å²) in [6, 6.07) is 7.51. The number of carbonyl (C=O) groups is 1. The number of nitrogens with zero attached hydrogens (tertiary/aromatic N) is 1. The van der Waals surface area contributed by atoms with Crippen molar-refractivity contribution < 1.29 is 14.5 Å². The van der Waals surface area contributed by atoms with Crippen molar-refractivity contribution in [3.05, 3.63) is 52.3 Å². The first kappa shape index (κ1) is 12.6. The zero-order valence-electron chi connectivity index (χ0n) is 10.0. The van der Waals surface area contributed by atoms with Gasteiger partial charge in [-0.05, 0) is 24.3 Å². The molecule has 0 aliphatic rings. The monoisotopic (exact) mass is 261 g/mol. The number of nitro benzene ring substituents is 1. The summed E-state index contributed by atoms with van der Waals surface area (Å²) < 4.78 is 4.88. The van der Waals surface area contributed by atoms with Gasteiger partial charge in [-0.3, -0.25) is 14.9 Å². The number of aromatic amines is 1. The summed E-state index contributed by atoms with van der Waals surface area (Å²) in [7, 11) is 1.35. The zero-order valence-corrected chi connectivity index (χ0v) is 10.0. The lowest BCUT2D eigenvalue weighted by Gasteiger charge is -2.06. The van der Waals surface area contributed by atoms with Crippen molar-refractivity contribution in [3.63, 3.8) is 0 Å². The molecule has 1 aromatic heterocycles. The minimum absolute atomic E-state index is 0.142. The van der Waals surface area contributed by atoms with Crippen LogP contribution in [0.25, 0.3) is 0 Å². The van der Waals surface area contributed by atoms with Crippen molar-refractivity contribution in [2.24, 2.45) is 0 Å². The van der Waals surface area contributed by atoms with Gasteiger partial charge in [0.15, 0.2) is 5.75 Å². The van der Waals surface area contributed by atoms with Crippen LogP contribution in [0.4, 0.5) is 11.4 Å². The van der Waals surface area contributed by atoms with Gasteiger partial charge in [0.25, 0.3) is 5.91 Å². The van der Waals surface area contributed by atoms with E-state index in [-0.39, 0.29) is 17.3 Å². The molecular formula is C12H11N3O4. The minimum atomic E-state index is -0.566. The van der Waals surface area contributed by atoms with E-state index in [1.165, 1.54) is 25.3 Å². The van der Waals surface area contributed by atoms with Crippen LogP contribution in [0, 0.1) is 10.1 Å². The number of rotatable bonds is 4. The van der Waals surface area contributed by atoms with Crippen LogP contribution in [0.2, 0.25) is 0 Å². The van der Waals surface area contributed by atoms with Gasteiger partial charge in [-0.2, -0.15) is 0 Å². The third kappa shape index (κ3) is 2.71. The lowest BCUT2D eigenvalue weighted by molar-refractivity contribution is -0.385. The summed E-state index contributed by atoms with van der Waals surface area (Å²) in [6.07, 6.45) is 1.62. The number of hydrogen-bond donors (Lipinski definition) is 2. The fourth-order valence-corrected chi connectivity index (χ4v) is 1.58. The summed E-state index contributed by atoms with van der Waals surface area (Å²) in [6.45, 7) is 0. The fourth-order valence-electron chi connectivity index (χ4n) is 1.58. The molecule has 2 rings (SSSR count). The number of nitro groups is 1. The molecule has 0 aliphatic carbocycles. The molecule has 0 aliphatic heterocycles. The second-order valence-corrected chi connectivity index (χ2v) is 3.68. The second kappa shape index (κ2) is 5.21. The quantitative estimate of drug-likeness (QED) is 0.651. The lowest BCUT2D eigenvalue weighted by Crippen LogP contribution is -2.12. The van der Waals surface area contributed by atoms with Crippen LogP contribution in [0.1, 0.15) is 10.5 Å². The maximum Gasteiger partial charge on any atom is 0.312 e. The number of benzene rings is 1. The van der Waals surface area contributed by atoms with Crippen LogP contribution in [-0.4, -0.2) is 22.9 Å². The molecule has 0 radical (unpaired) electrons. The van der Waals surface area contributed by atoms with Crippen molar-refractivity contribution in [2.75, 3.05) is 12.4 Å². The van der Waals surface area contributed by atoms with E-state index in [1.807, 2.05) is 0 Å². The Hall–Kier alpha value is -2.83. The molecule has 7 heteroatoms. The third-order valence-electron chi connectivity index (χ3n) is 2.48. The van der Waals surface area contributed by atoms with Crippen molar-refractivity contribution in [1.82, 2.24) is 4.98 Å². The summed E-state index contributed by atoms with van der Waals surface area (Å²) in [5.74, 6) is -0.229. The van der Waals surface area contributed by atoms with Gasteiger partial charge in [0.05, 0.1) is 12.0 Å². The molecule has 0 fully saturated rings. The van der Waals surface area contributed by atoms with E-state index in [0.717, 1.165) is 0 Å². The van der Waals surface area contributed by atoms with Crippen LogP contribution >= 0.6 is 0 Å². The Labute approximate surface area is 108 Å². The smallest absolute Gasteiger partial charge is 0.312 e. The molecule has 98 valence electrons. The average Bonchev–Trinajstić information content (AvgIpc) is 2.92. The second-order valence-electron chi connectivity index (χ2n) is 3.68. The van der Waals surface area contributed by atoms with Crippen molar-refractivity contribution in [1.29, 1.82) is 0 Å². The number of nitrogens with one attached hydrogen (secondary N) is 2. The van der Waals surface area contributed by atoms with E-state index < -0.39 is 4.92 Å². The number of hydrogen-bond acceptors (Lipinski definition) is 4. The Morgan fingerprint density at radius 3 is 2.79 bits per heavy atom. The van der Waals surface area contributed by atoms with Crippen LogP contribution in [-0.2, 0) is 0 Å². The van der Waals surface area contributed by atoms with E-state index in [0.29, 0.717) is 11.4 Å². The highest BCUT2D eigenvalue weighted by molar-refractivity contribution is 6.03.